The van der Waals surface area contributed by atoms with Crippen molar-refractivity contribution in [3.63, 3.8) is 0 Å². The first-order valence-electron chi connectivity index (χ1n) is 9.16. The Morgan fingerprint density at radius 1 is 1.27 bits per heavy atom. The van der Waals surface area contributed by atoms with E-state index in [0.717, 1.165) is 20.4 Å². The van der Waals surface area contributed by atoms with Gasteiger partial charge in [0.05, 0.1) is 29.1 Å². The van der Waals surface area contributed by atoms with Crippen LogP contribution in [0.1, 0.15) is 29.8 Å². The normalized spacial score (nSPS) is 16.4. The van der Waals surface area contributed by atoms with Crippen molar-refractivity contribution in [2.24, 2.45) is 12.0 Å². The van der Waals surface area contributed by atoms with E-state index in [9.17, 15) is 9.59 Å². The number of aromatic nitrogens is 3. The van der Waals surface area contributed by atoms with Crippen LogP contribution in [-0.2, 0) is 16.6 Å². The van der Waals surface area contributed by atoms with E-state index >= 15 is 0 Å². The van der Waals surface area contributed by atoms with Gasteiger partial charge in [-0.3, -0.25) is 14.0 Å². The van der Waals surface area contributed by atoms with Gasteiger partial charge in [0.15, 0.2) is 4.80 Å². The highest BCUT2D eigenvalue weighted by Gasteiger charge is 2.34. The molecular weight excluding hydrogens is 515 g/mol. The van der Waals surface area contributed by atoms with E-state index in [-0.39, 0.29) is 5.56 Å². The molecule has 30 heavy (non-hydrogen) atoms. The Labute approximate surface area is 190 Å². The zero-order valence-corrected chi connectivity index (χ0v) is 19.8. The summed E-state index contributed by atoms with van der Waals surface area (Å²) in [4.78, 5) is 31.2. The molecule has 3 aromatic rings. The molecule has 0 amide bonds. The first-order chi connectivity index (χ1) is 14.3. The minimum Gasteiger partial charge on any atom is -0.466 e. The van der Waals surface area contributed by atoms with Crippen LogP contribution >= 0.6 is 33.9 Å². The fraction of sp³-hybridized carbons (Fsp3) is 0.238. The van der Waals surface area contributed by atoms with Crippen molar-refractivity contribution < 1.29 is 9.53 Å². The maximum absolute atomic E-state index is 13.4. The van der Waals surface area contributed by atoms with Gasteiger partial charge in [0.2, 0.25) is 0 Å². The number of fused-ring (bicyclic) bond motifs is 1. The molecule has 4 rings (SSSR count). The molecular formula is C21H19IN4O3S. The monoisotopic (exact) mass is 534 g/mol. The minimum atomic E-state index is -0.638. The third-order valence-corrected chi connectivity index (χ3v) is 6.86. The standard InChI is InChI=1S/C21H19IN4O3S/c1-11-17(20(28)29-4)18(15-10-23-25(3)12(15)2)26-19(27)16(30-21(26)24-11)9-13-5-7-14(22)8-6-13/h5-10,18H,1-4H3/b16-9+/t18-/m1/s1. The Morgan fingerprint density at radius 3 is 2.57 bits per heavy atom. The van der Waals surface area contributed by atoms with Gasteiger partial charge in [-0.05, 0) is 60.2 Å². The molecule has 3 heterocycles. The second-order valence-electron chi connectivity index (χ2n) is 6.93. The molecule has 0 aliphatic carbocycles. The summed E-state index contributed by atoms with van der Waals surface area (Å²) in [6.07, 6.45) is 3.54. The van der Waals surface area contributed by atoms with Crippen LogP contribution in [0.2, 0.25) is 0 Å². The van der Waals surface area contributed by atoms with Gasteiger partial charge in [-0.15, -0.1) is 0 Å². The fourth-order valence-electron chi connectivity index (χ4n) is 3.48. The molecule has 0 saturated carbocycles. The van der Waals surface area contributed by atoms with Gasteiger partial charge >= 0.3 is 5.97 Å². The Kier molecular flexibility index (Phi) is 5.49. The van der Waals surface area contributed by atoms with Gasteiger partial charge in [0.25, 0.3) is 5.56 Å². The highest BCUT2D eigenvalue weighted by molar-refractivity contribution is 14.1. The summed E-state index contributed by atoms with van der Waals surface area (Å²) in [5, 5.41) is 4.31. The minimum absolute atomic E-state index is 0.195. The summed E-state index contributed by atoms with van der Waals surface area (Å²) in [5.41, 5.74) is 3.26. The first-order valence-corrected chi connectivity index (χ1v) is 11.1. The number of allylic oxidation sites excluding steroid dienone is 1. The second-order valence-corrected chi connectivity index (χ2v) is 9.19. The van der Waals surface area contributed by atoms with Crippen LogP contribution in [0, 0.1) is 10.5 Å². The molecule has 0 spiro atoms. The molecule has 0 radical (unpaired) electrons. The molecule has 1 aliphatic rings. The number of methoxy groups -OCH3 is 1. The number of benzene rings is 1. The number of aryl methyl sites for hydroxylation is 1. The van der Waals surface area contributed by atoms with Gasteiger partial charge in [0, 0.05) is 21.9 Å². The fourth-order valence-corrected chi connectivity index (χ4v) is 4.89. The van der Waals surface area contributed by atoms with Crippen molar-refractivity contribution in [1.82, 2.24) is 14.3 Å². The van der Waals surface area contributed by atoms with E-state index in [4.69, 9.17) is 4.74 Å². The summed E-state index contributed by atoms with van der Waals surface area (Å²) in [7, 11) is 3.16. The first kappa shape index (κ1) is 20.7. The molecule has 7 nitrogen and oxygen atoms in total. The number of nitrogens with zero attached hydrogens (tertiary/aromatic N) is 4. The number of thiazole rings is 1. The number of carbonyl (C=O) groups excluding carboxylic acids is 1. The topological polar surface area (TPSA) is 78.5 Å². The highest BCUT2D eigenvalue weighted by Crippen LogP contribution is 2.32. The van der Waals surface area contributed by atoms with Gasteiger partial charge < -0.3 is 4.74 Å². The van der Waals surface area contributed by atoms with Crippen LogP contribution < -0.4 is 14.9 Å². The Morgan fingerprint density at radius 2 is 1.97 bits per heavy atom. The number of hydrogen-bond acceptors (Lipinski definition) is 6. The SMILES string of the molecule is COC(=O)C1=C(C)N=c2s/c(=C/c3ccc(I)cc3)c(=O)n2[C@@H]1c1cnn(C)c1C. The maximum atomic E-state index is 13.4. The predicted molar refractivity (Wildman–Crippen MR) is 123 cm³/mol. The van der Waals surface area contributed by atoms with Crippen molar-refractivity contribution >= 4 is 46.0 Å². The number of hydrogen-bond donors (Lipinski definition) is 0. The van der Waals surface area contributed by atoms with Crippen LogP contribution in [0.15, 0.2) is 51.5 Å². The molecule has 0 unspecified atom stereocenters. The molecule has 1 atom stereocenters. The molecule has 154 valence electrons. The highest BCUT2D eigenvalue weighted by atomic mass is 127. The van der Waals surface area contributed by atoms with Crippen molar-refractivity contribution in [1.29, 1.82) is 0 Å². The predicted octanol–water partition coefficient (Wildman–Crippen LogP) is 2.05. The summed E-state index contributed by atoms with van der Waals surface area (Å²) in [6, 6.07) is 7.28. The van der Waals surface area contributed by atoms with Gasteiger partial charge in [0.1, 0.15) is 6.04 Å². The lowest BCUT2D eigenvalue weighted by Gasteiger charge is -2.23. The third-order valence-electron chi connectivity index (χ3n) is 5.16. The lowest BCUT2D eigenvalue weighted by molar-refractivity contribution is -0.136. The average molecular weight is 534 g/mol. The van der Waals surface area contributed by atoms with Crippen molar-refractivity contribution in [2.45, 2.75) is 19.9 Å². The molecule has 9 heteroatoms. The molecule has 0 fully saturated rings. The third kappa shape index (κ3) is 3.45. The van der Waals surface area contributed by atoms with Gasteiger partial charge in [-0.1, -0.05) is 23.5 Å². The number of halogens is 1. The number of esters is 1. The van der Waals surface area contributed by atoms with Gasteiger partial charge in [-0.2, -0.15) is 5.10 Å². The Bertz CT molecular complexity index is 1360. The lowest BCUT2D eigenvalue weighted by Crippen LogP contribution is -2.40. The summed E-state index contributed by atoms with van der Waals surface area (Å²) < 4.78 is 10.00. The van der Waals surface area contributed by atoms with Crippen LogP contribution in [0.4, 0.5) is 0 Å². The lowest BCUT2D eigenvalue weighted by atomic mass is 9.96. The van der Waals surface area contributed by atoms with E-state index in [1.807, 2.05) is 44.3 Å². The van der Waals surface area contributed by atoms with E-state index < -0.39 is 12.0 Å². The molecule has 0 saturated heterocycles. The molecule has 1 aromatic carbocycles. The van der Waals surface area contributed by atoms with E-state index in [1.54, 1.807) is 22.4 Å². The van der Waals surface area contributed by atoms with Crippen molar-refractivity contribution in [2.75, 3.05) is 7.11 Å². The van der Waals surface area contributed by atoms with E-state index in [0.29, 0.717) is 20.6 Å². The molecule has 2 aromatic heterocycles. The van der Waals surface area contributed by atoms with Crippen LogP contribution in [0.5, 0.6) is 0 Å². The van der Waals surface area contributed by atoms with Gasteiger partial charge in [-0.25, -0.2) is 9.79 Å². The van der Waals surface area contributed by atoms with Crippen molar-refractivity contribution in [3.05, 3.63) is 81.8 Å². The van der Waals surface area contributed by atoms with E-state index in [2.05, 4.69) is 32.7 Å². The van der Waals surface area contributed by atoms with Crippen LogP contribution in [-0.4, -0.2) is 27.4 Å². The Balaban J connectivity index is 1.99. The number of ether oxygens (including phenoxy) is 1. The van der Waals surface area contributed by atoms with Crippen LogP contribution in [0.25, 0.3) is 6.08 Å². The zero-order valence-electron chi connectivity index (χ0n) is 16.8. The summed E-state index contributed by atoms with van der Waals surface area (Å²) in [6.45, 7) is 3.68. The second kappa shape index (κ2) is 7.95. The maximum Gasteiger partial charge on any atom is 0.338 e. The zero-order chi connectivity index (χ0) is 21.6. The molecule has 0 bridgehead atoms. The van der Waals surface area contributed by atoms with Crippen LogP contribution in [0.3, 0.4) is 0 Å². The van der Waals surface area contributed by atoms with Crippen molar-refractivity contribution in [3.8, 4) is 0 Å². The number of carbonyl (C=O) groups is 1. The van der Waals surface area contributed by atoms with E-state index in [1.165, 1.54) is 18.4 Å². The smallest absolute Gasteiger partial charge is 0.338 e. The number of rotatable bonds is 3. The molecule has 1 aliphatic heterocycles. The summed E-state index contributed by atoms with van der Waals surface area (Å²) in [5.74, 6) is -0.503. The quantitative estimate of drug-likeness (QED) is 0.381. The molecule has 0 N–H and O–H groups in total. The summed E-state index contributed by atoms with van der Waals surface area (Å²) >= 11 is 3.55. The Hall–Kier alpha value is -2.53. The average Bonchev–Trinajstić information content (AvgIpc) is 3.21. The largest absolute Gasteiger partial charge is 0.466 e.